The van der Waals surface area contributed by atoms with Crippen molar-refractivity contribution in [2.24, 2.45) is 0 Å². The fraction of sp³-hybridized carbons (Fsp3) is 0. The van der Waals surface area contributed by atoms with Crippen molar-refractivity contribution in [3.8, 4) is 5.82 Å². The molecule has 0 saturated carbocycles. The van der Waals surface area contributed by atoms with Gasteiger partial charge in [-0.1, -0.05) is 6.07 Å². The molecule has 2 aromatic rings. The van der Waals surface area contributed by atoms with Gasteiger partial charge >= 0.3 is 5.69 Å². The molecule has 0 saturated heterocycles. The number of nitrogens with zero attached hydrogens (tertiary/aromatic N) is 3. The van der Waals surface area contributed by atoms with Gasteiger partial charge in [-0.3, -0.25) is 4.98 Å². The summed E-state index contributed by atoms with van der Waals surface area (Å²) in [5.74, 6) is 0.763. The molecule has 0 radical (unpaired) electrons. The SMILES string of the molecule is Nc1cccc(-n2nc[nH]c2=O)n1. The number of aromatic amines is 1. The van der Waals surface area contributed by atoms with Gasteiger partial charge in [-0.25, -0.2) is 9.78 Å². The van der Waals surface area contributed by atoms with Crippen molar-refractivity contribution in [2.75, 3.05) is 5.73 Å². The van der Waals surface area contributed by atoms with Gasteiger partial charge in [-0.05, 0) is 12.1 Å². The minimum absolute atomic E-state index is 0.335. The minimum atomic E-state index is -0.335. The Hall–Kier alpha value is -2.11. The Morgan fingerprint density at radius 1 is 1.46 bits per heavy atom. The maximum atomic E-state index is 11.1. The summed E-state index contributed by atoms with van der Waals surface area (Å²) in [4.78, 5) is 17.4. The van der Waals surface area contributed by atoms with Crippen LogP contribution in [0.1, 0.15) is 0 Å². The second-order valence-corrected chi connectivity index (χ2v) is 2.43. The molecule has 6 heteroatoms. The fourth-order valence-electron chi connectivity index (χ4n) is 0.976. The third-order valence-corrected chi connectivity index (χ3v) is 1.53. The van der Waals surface area contributed by atoms with E-state index >= 15 is 0 Å². The summed E-state index contributed by atoms with van der Waals surface area (Å²) in [6.45, 7) is 0. The van der Waals surface area contributed by atoms with E-state index in [2.05, 4.69) is 15.1 Å². The number of nitrogens with one attached hydrogen (secondary N) is 1. The second kappa shape index (κ2) is 2.74. The predicted octanol–water partition coefficient (Wildman–Crippen LogP) is -0.462. The highest BCUT2D eigenvalue weighted by atomic mass is 16.1. The topological polar surface area (TPSA) is 89.6 Å². The maximum Gasteiger partial charge on any atom is 0.349 e. The molecule has 0 aliphatic rings. The molecule has 2 rings (SSSR count). The molecule has 13 heavy (non-hydrogen) atoms. The summed E-state index contributed by atoms with van der Waals surface area (Å²) >= 11 is 0. The average molecular weight is 177 g/mol. The summed E-state index contributed by atoms with van der Waals surface area (Å²) in [6, 6.07) is 5.00. The van der Waals surface area contributed by atoms with Gasteiger partial charge < -0.3 is 5.73 Å². The monoisotopic (exact) mass is 177 g/mol. The van der Waals surface area contributed by atoms with Crippen LogP contribution in [-0.2, 0) is 0 Å². The number of nitrogen functional groups attached to an aromatic ring is 1. The molecule has 0 unspecified atom stereocenters. The molecule has 0 aliphatic carbocycles. The molecule has 0 aromatic carbocycles. The van der Waals surface area contributed by atoms with Crippen molar-refractivity contribution in [3.05, 3.63) is 35.0 Å². The Bertz CT molecular complexity index is 471. The van der Waals surface area contributed by atoms with Crippen LogP contribution in [0.2, 0.25) is 0 Å². The van der Waals surface area contributed by atoms with Crippen molar-refractivity contribution in [1.82, 2.24) is 19.7 Å². The zero-order valence-corrected chi connectivity index (χ0v) is 6.64. The van der Waals surface area contributed by atoms with Gasteiger partial charge in [0, 0.05) is 0 Å². The van der Waals surface area contributed by atoms with Crippen LogP contribution in [0.25, 0.3) is 5.82 Å². The normalized spacial score (nSPS) is 10.2. The average Bonchev–Trinajstić information content (AvgIpc) is 2.51. The fourth-order valence-corrected chi connectivity index (χ4v) is 0.976. The Balaban J connectivity index is 2.59. The number of aromatic nitrogens is 4. The van der Waals surface area contributed by atoms with Crippen LogP contribution in [-0.4, -0.2) is 19.7 Å². The summed E-state index contributed by atoms with van der Waals surface area (Å²) in [7, 11) is 0. The number of hydrogen-bond acceptors (Lipinski definition) is 4. The third-order valence-electron chi connectivity index (χ3n) is 1.53. The molecule has 0 atom stereocenters. The number of nitrogens with two attached hydrogens (primary N) is 1. The Labute approximate surface area is 73.0 Å². The van der Waals surface area contributed by atoms with Crippen molar-refractivity contribution in [2.45, 2.75) is 0 Å². The highest BCUT2D eigenvalue weighted by Crippen LogP contribution is 2.01. The molecule has 0 bridgehead atoms. The lowest BCUT2D eigenvalue weighted by molar-refractivity contribution is 0.814. The minimum Gasteiger partial charge on any atom is -0.384 e. The first-order valence-corrected chi connectivity index (χ1v) is 3.63. The van der Waals surface area contributed by atoms with E-state index in [0.717, 1.165) is 4.68 Å². The first-order valence-electron chi connectivity index (χ1n) is 3.63. The molecular weight excluding hydrogens is 170 g/mol. The standard InChI is InChI=1S/C7H7N5O/c8-5-2-1-3-6(11-5)12-7(13)9-4-10-12/h1-4H,(H2,8,11)(H,9,10,13). The number of anilines is 1. The number of H-pyrrole nitrogens is 1. The molecule has 0 spiro atoms. The van der Waals surface area contributed by atoms with E-state index in [1.807, 2.05) is 0 Å². The van der Waals surface area contributed by atoms with E-state index in [0.29, 0.717) is 11.6 Å². The second-order valence-electron chi connectivity index (χ2n) is 2.43. The lowest BCUT2D eigenvalue weighted by atomic mass is 10.4. The summed E-state index contributed by atoms with van der Waals surface area (Å²) in [5.41, 5.74) is 5.12. The van der Waals surface area contributed by atoms with Crippen LogP contribution in [0.3, 0.4) is 0 Å². The summed E-state index contributed by atoms with van der Waals surface area (Å²) in [6.07, 6.45) is 1.30. The summed E-state index contributed by atoms with van der Waals surface area (Å²) in [5, 5.41) is 3.76. The van der Waals surface area contributed by atoms with Crippen LogP contribution < -0.4 is 11.4 Å². The first kappa shape index (κ1) is 7.53. The van der Waals surface area contributed by atoms with E-state index in [1.54, 1.807) is 18.2 Å². The molecule has 6 nitrogen and oxygen atoms in total. The molecule has 0 aliphatic heterocycles. The molecule has 2 heterocycles. The highest BCUT2D eigenvalue weighted by Gasteiger charge is 2.01. The lowest BCUT2D eigenvalue weighted by Crippen LogP contribution is -2.17. The quantitative estimate of drug-likeness (QED) is 0.616. The zero-order chi connectivity index (χ0) is 9.26. The number of hydrogen-bond donors (Lipinski definition) is 2. The van der Waals surface area contributed by atoms with Gasteiger partial charge in [-0.2, -0.15) is 9.78 Å². The van der Waals surface area contributed by atoms with Crippen molar-refractivity contribution < 1.29 is 0 Å². The zero-order valence-electron chi connectivity index (χ0n) is 6.64. The van der Waals surface area contributed by atoms with Gasteiger partial charge in [-0.15, -0.1) is 0 Å². The lowest BCUT2D eigenvalue weighted by Gasteiger charge is -1.97. The van der Waals surface area contributed by atoms with Gasteiger partial charge in [0.1, 0.15) is 12.1 Å². The van der Waals surface area contributed by atoms with Crippen molar-refractivity contribution in [3.63, 3.8) is 0 Å². The maximum absolute atomic E-state index is 11.1. The van der Waals surface area contributed by atoms with Crippen LogP contribution in [0.15, 0.2) is 29.3 Å². The van der Waals surface area contributed by atoms with Gasteiger partial charge in [0.2, 0.25) is 0 Å². The van der Waals surface area contributed by atoms with Crippen LogP contribution >= 0.6 is 0 Å². The molecule has 0 amide bonds. The largest absolute Gasteiger partial charge is 0.384 e. The molecular formula is C7H7N5O. The molecule has 66 valence electrons. The highest BCUT2D eigenvalue weighted by molar-refractivity contribution is 5.34. The van der Waals surface area contributed by atoms with E-state index in [-0.39, 0.29) is 5.69 Å². The van der Waals surface area contributed by atoms with E-state index in [4.69, 9.17) is 5.73 Å². The molecule has 0 fully saturated rings. The summed E-state index contributed by atoms with van der Waals surface area (Å²) < 4.78 is 1.14. The Kier molecular flexibility index (Phi) is 1.59. The van der Waals surface area contributed by atoms with Crippen LogP contribution in [0.5, 0.6) is 0 Å². The number of pyridine rings is 1. The Morgan fingerprint density at radius 2 is 2.31 bits per heavy atom. The van der Waals surface area contributed by atoms with Gasteiger partial charge in [0.15, 0.2) is 5.82 Å². The molecule has 2 aromatic heterocycles. The van der Waals surface area contributed by atoms with E-state index in [9.17, 15) is 4.79 Å². The van der Waals surface area contributed by atoms with Crippen molar-refractivity contribution >= 4 is 5.82 Å². The van der Waals surface area contributed by atoms with Gasteiger partial charge in [0.05, 0.1) is 0 Å². The smallest absolute Gasteiger partial charge is 0.349 e. The third kappa shape index (κ3) is 1.28. The van der Waals surface area contributed by atoms with Crippen LogP contribution in [0.4, 0.5) is 5.82 Å². The molecule has 3 N–H and O–H groups in total. The predicted molar refractivity (Wildman–Crippen MR) is 46.4 cm³/mol. The van der Waals surface area contributed by atoms with Crippen molar-refractivity contribution in [1.29, 1.82) is 0 Å². The first-order chi connectivity index (χ1) is 6.27. The van der Waals surface area contributed by atoms with Gasteiger partial charge in [0.25, 0.3) is 0 Å². The van der Waals surface area contributed by atoms with Crippen LogP contribution in [0, 0.1) is 0 Å². The Morgan fingerprint density at radius 3 is 2.92 bits per heavy atom. The van der Waals surface area contributed by atoms with E-state index in [1.165, 1.54) is 6.33 Å². The number of rotatable bonds is 1. The van der Waals surface area contributed by atoms with E-state index < -0.39 is 0 Å².